The van der Waals surface area contributed by atoms with Crippen LogP contribution in [0.3, 0.4) is 0 Å². The molecule has 0 fully saturated rings. The smallest absolute Gasteiger partial charge is 0.259 e. The maximum atomic E-state index is 2.61. The lowest BCUT2D eigenvalue weighted by Gasteiger charge is -2.40. The van der Waals surface area contributed by atoms with Crippen LogP contribution in [0.5, 0.6) is 0 Å². The Morgan fingerprint density at radius 2 is 0.731 bits per heavy atom. The summed E-state index contributed by atoms with van der Waals surface area (Å²) in [5.41, 5.74) is 20.3. The van der Waals surface area contributed by atoms with Crippen molar-refractivity contribution < 1.29 is 0 Å². The molecule has 0 saturated heterocycles. The van der Waals surface area contributed by atoms with E-state index in [0.717, 1.165) is 0 Å². The van der Waals surface area contributed by atoms with Gasteiger partial charge in [-0.2, -0.15) is 22.7 Å². The van der Waals surface area contributed by atoms with Gasteiger partial charge in [-0.25, -0.2) is 0 Å². The Labute approximate surface area is 323 Å². The summed E-state index contributed by atoms with van der Waals surface area (Å²) in [4.78, 5) is 5.00. The van der Waals surface area contributed by atoms with E-state index < -0.39 is 0 Å². The lowest BCUT2D eigenvalue weighted by molar-refractivity contribution is 0.812. The highest BCUT2D eigenvalue weighted by molar-refractivity contribution is 7.28. The summed E-state index contributed by atoms with van der Waals surface area (Å²) >= 11 is 3.87. The van der Waals surface area contributed by atoms with Crippen molar-refractivity contribution in [1.29, 1.82) is 0 Å². The summed E-state index contributed by atoms with van der Waals surface area (Å²) in [6.07, 6.45) is 0. The van der Waals surface area contributed by atoms with Gasteiger partial charge in [-0.1, -0.05) is 118 Å². The number of anilines is 4. The van der Waals surface area contributed by atoms with Gasteiger partial charge in [0.05, 0.1) is 0 Å². The first-order valence-electron chi connectivity index (χ1n) is 19.8. The Morgan fingerprint density at radius 3 is 1.00 bits per heavy atom. The minimum atomic E-state index is 0.181. The molecule has 0 amide bonds. The average Bonchev–Trinajstić information content (AvgIpc) is 3.78. The predicted octanol–water partition coefficient (Wildman–Crippen LogP) is 9.74. The second kappa shape index (κ2) is 13.9. The van der Waals surface area contributed by atoms with E-state index in [9.17, 15) is 0 Å². The molecule has 5 aromatic rings. The van der Waals surface area contributed by atoms with Crippen LogP contribution in [0, 0.1) is 0 Å². The van der Waals surface area contributed by atoms with Crippen molar-refractivity contribution >= 4 is 90.3 Å². The third-order valence-corrected chi connectivity index (χ3v) is 14.0. The molecule has 270 valence electrons. The third-order valence-electron chi connectivity index (χ3n) is 12.0. The predicted molar refractivity (Wildman–Crippen MR) is 238 cm³/mol. The van der Waals surface area contributed by atoms with Crippen LogP contribution in [0.1, 0.15) is 152 Å². The van der Waals surface area contributed by atoms with Crippen molar-refractivity contribution in [3.8, 4) is 0 Å². The van der Waals surface area contributed by atoms with E-state index in [4.69, 9.17) is 0 Å². The first kappa shape index (κ1) is 37.1. The van der Waals surface area contributed by atoms with Gasteiger partial charge in [-0.05, 0) is 115 Å². The van der Waals surface area contributed by atoms with E-state index in [0.29, 0.717) is 35.5 Å². The van der Waals surface area contributed by atoms with E-state index in [1.165, 1.54) is 87.5 Å². The number of fused-ring (bicyclic) bond motifs is 4. The molecule has 3 aromatic carbocycles. The molecular formula is C46H58B2N2S2. The first-order chi connectivity index (χ1) is 24.6. The normalized spacial score (nSPS) is 14.1. The van der Waals surface area contributed by atoms with Crippen LogP contribution in [-0.2, 0) is 0 Å². The van der Waals surface area contributed by atoms with Gasteiger partial charge in [0.2, 0.25) is 0 Å². The second-order valence-corrected chi connectivity index (χ2v) is 19.3. The molecule has 0 aliphatic carbocycles. The van der Waals surface area contributed by atoms with Crippen molar-refractivity contribution in [2.75, 3.05) is 23.9 Å². The molecule has 0 bridgehead atoms. The average molecular weight is 725 g/mol. The van der Waals surface area contributed by atoms with E-state index in [2.05, 4.69) is 166 Å². The zero-order chi connectivity index (χ0) is 37.5. The lowest BCUT2D eigenvalue weighted by Crippen LogP contribution is -2.62. The molecule has 2 aromatic heterocycles. The van der Waals surface area contributed by atoms with Gasteiger partial charge >= 0.3 is 0 Å². The van der Waals surface area contributed by atoms with Gasteiger partial charge in [-0.3, -0.25) is 0 Å². The van der Waals surface area contributed by atoms with E-state index in [1.54, 1.807) is 0 Å². The topological polar surface area (TPSA) is 6.48 Å². The number of rotatable bonds is 8. The molecule has 0 spiro atoms. The molecule has 7 rings (SSSR count). The summed E-state index contributed by atoms with van der Waals surface area (Å²) in [6, 6.07) is 20.1. The zero-order valence-corrected chi connectivity index (χ0v) is 35.7. The van der Waals surface area contributed by atoms with Crippen LogP contribution in [-0.4, -0.2) is 27.5 Å². The highest BCUT2D eigenvalue weighted by atomic mass is 32.1. The highest BCUT2D eigenvalue weighted by Crippen LogP contribution is 2.37. The zero-order valence-electron chi connectivity index (χ0n) is 34.1. The maximum Gasteiger partial charge on any atom is 0.259 e. The Balaban J connectivity index is 1.56. The van der Waals surface area contributed by atoms with E-state index in [1.807, 2.05) is 22.7 Å². The first-order valence-corrected chi connectivity index (χ1v) is 21.5. The molecule has 0 unspecified atom stereocenters. The molecule has 4 heterocycles. The number of thiophene rings is 2. The monoisotopic (exact) mass is 724 g/mol. The van der Waals surface area contributed by atoms with Crippen LogP contribution in [0.25, 0.3) is 0 Å². The number of hydrogen-bond donors (Lipinski definition) is 0. The number of hydrogen-bond acceptors (Lipinski definition) is 4. The SMILES string of the molecule is CC(C)c1cc(C(C)C)c(B2c3cc4c(cc3N(C)c3ccsc32)B(c2c(C(C)C)cc(C(C)C)cc2C(C)C)c2sccc2N4C)c(C(C)C)c1. The Bertz CT molecular complexity index is 1920. The summed E-state index contributed by atoms with van der Waals surface area (Å²) in [7, 11) is 4.60. The van der Waals surface area contributed by atoms with Gasteiger partial charge in [0.1, 0.15) is 0 Å². The van der Waals surface area contributed by atoms with Gasteiger partial charge in [0.25, 0.3) is 13.4 Å². The summed E-state index contributed by atoms with van der Waals surface area (Å²) < 4.78 is 2.94. The van der Waals surface area contributed by atoms with Crippen molar-refractivity contribution in [1.82, 2.24) is 0 Å². The number of nitrogens with zero attached hydrogens (tertiary/aromatic N) is 2. The molecule has 2 aliphatic heterocycles. The molecule has 0 radical (unpaired) electrons. The Morgan fingerprint density at radius 1 is 0.423 bits per heavy atom. The maximum absolute atomic E-state index is 2.61. The van der Waals surface area contributed by atoms with Crippen molar-refractivity contribution in [2.45, 2.75) is 119 Å². The summed E-state index contributed by atoms with van der Waals surface area (Å²) in [5.74, 6) is 2.68. The van der Waals surface area contributed by atoms with Crippen LogP contribution in [0.2, 0.25) is 0 Å². The van der Waals surface area contributed by atoms with Crippen LogP contribution >= 0.6 is 22.7 Å². The van der Waals surface area contributed by atoms with Gasteiger partial charge in [0.15, 0.2) is 0 Å². The summed E-state index contributed by atoms with van der Waals surface area (Å²) in [6.45, 7) is 28.9. The van der Waals surface area contributed by atoms with Crippen molar-refractivity contribution in [3.05, 3.63) is 92.7 Å². The fraction of sp³-hybridized carbons (Fsp3) is 0.435. The Hall–Kier alpha value is -3.21. The van der Waals surface area contributed by atoms with Gasteiger partial charge in [-0.15, -0.1) is 0 Å². The molecule has 2 nitrogen and oxygen atoms in total. The highest BCUT2D eigenvalue weighted by Gasteiger charge is 2.43. The van der Waals surface area contributed by atoms with E-state index >= 15 is 0 Å². The molecule has 0 N–H and O–H groups in total. The molecule has 0 atom stereocenters. The Kier molecular flexibility index (Phi) is 9.92. The minimum absolute atomic E-state index is 0.181. The fourth-order valence-electron chi connectivity index (χ4n) is 9.07. The van der Waals surface area contributed by atoms with Crippen LogP contribution in [0.15, 0.2) is 59.3 Å². The summed E-state index contributed by atoms with van der Waals surface area (Å²) in [5, 5.41) is 4.64. The molecule has 6 heteroatoms. The second-order valence-electron chi connectivity index (χ2n) is 17.4. The van der Waals surface area contributed by atoms with Crippen molar-refractivity contribution in [3.63, 3.8) is 0 Å². The molecule has 52 heavy (non-hydrogen) atoms. The van der Waals surface area contributed by atoms with Crippen molar-refractivity contribution in [2.24, 2.45) is 0 Å². The molecule has 0 saturated carbocycles. The van der Waals surface area contributed by atoms with E-state index in [-0.39, 0.29) is 13.4 Å². The van der Waals surface area contributed by atoms with Gasteiger partial charge in [0, 0.05) is 46.4 Å². The fourth-order valence-corrected chi connectivity index (χ4v) is 11.2. The van der Waals surface area contributed by atoms with Crippen LogP contribution < -0.4 is 41.2 Å². The standard InChI is InChI=1S/C46H58B2N2S2/c1-25(2)31-19-33(27(5)6)43(34(20-31)28(7)8)47-37-23-42-38(24-41(37)49(13)39-15-17-51-45(39)47)48(46-40(50(42)14)16-18-52-46)44-35(29(9)10)21-32(26(3)4)22-36(44)30(11)12/h15-30H,1-14H3. The quantitative estimate of drug-likeness (QED) is 0.147. The van der Waals surface area contributed by atoms with Crippen LogP contribution in [0.4, 0.5) is 22.7 Å². The lowest BCUT2D eigenvalue weighted by atomic mass is 9.33. The molecule has 2 aliphatic rings. The largest absolute Gasteiger partial charge is 0.345 e. The number of benzene rings is 3. The molecular weight excluding hydrogens is 666 g/mol. The third kappa shape index (κ3) is 5.91. The minimum Gasteiger partial charge on any atom is -0.345 e. The van der Waals surface area contributed by atoms with Gasteiger partial charge < -0.3 is 9.80 Å².